The summed E-state index contributed by atoms with van der Waals surface area (Å²) >= 11 is 0. The van der Waals surface area contributed by atoms with Crippen molar-refractivity contribution in [2.45, 2.75) is 64.6 Å². The molecule has 0 spiro atoms. The first-order chi connectivity index (χ1) is 12.8. The summed E-state index contributed by atoms with van der Waals surface area (Å²) in [7, 11) is 2.91. The average Bonchev–Trinajstić information content (AvgIpc) is 2.69. The molecule has 1 atom stereocenters. The number of esters is 1. The lowest BCUT2D eigenvalue weighted by Gasteiger charge is -2.36. The Hall–Kier alpha value is -2.08. The van der Waals surface area contributed by atoms with Gasteiger partial charge in [0.05, 0.1) is 13.2 Å². The lowest BCUT2D eigenvalue weighted by Crippen LogP contribution is -2.47. The molecular formula is C21H31NO5. The first kappa shape index (κ1) is 21.2. The summed E-state index contributed by atoms with van der Waals surface area (Å²) in [5.41, 5.74) is -0.00427. The van der Waals surface area contributed by atoms with Crippen LogP contribution in [0.1, 0.15) is 63.2 Å². The minimum absolute atomic E-state index is 0.0326. The fourth-order valence-electron chi connectivity index (χ4n) is 3.28. The average molecular weight is 377 g/mol. The van der Waals surface area contributed by atoms with Crippen LogP contribution in [-0.2, 0) is 14.3 Å². The Morgan fingerprint density at radius 3 is 2.48 bits per heavy atom. The zero-order valence-corrected chi connectivity index (χ0v) is 17.0. The van der Waals surface area contributed by atoms with Gasteiger partial charge in [-0.2, -0.15) is 0 Å². The van der Waals surface area contributed by atoms with Gasteiger partial charge in [-0.25, -0.2) is 4.79 Å². The molecule has 1 saturated carbocycles. The van der Waals surface area contributed by atoms with Crippen LogP contribution in [0, 0.1) is 5.92 Å². The Balaban J connectivity index is 2.22. The molecular weight excluding hydrogens is 346 g/mol. The van der Waals surface area contributed by atoms with Crippen molar-refractivity contribution in [3.05, 3.63) is 23.8 Å². The summed E-state index contributed by atoms with van der Waals surface area (Å²) in [6.07, 6.45) is 4.07. The third-order valence-corrected chi connectivity index (χ3v) is 5.43. The van der Waals surface area contributed by atoms with E-state index in [0.717, 1.165) is 19.3 Å². The van der Waals surface area contributed by atoms with Gasteiger partial charge in [-0.05, 0) is 63.1 Å². The van der Waals surface area contributed by atoms with Crippen molar-refractivity contribution in [3.8, 4) is 5.75 Å². The van der Waals surface area contributed by atoms with Gasteiger partial charge in [0.2, 0.25) is 0 Å². The zero-order chi connectivity index (χ0) is 20.0. The van der Waals surface area contributed by atoms with Gasteiger partial charge in [0.25, 0.3) is 5.91 Å². The van der Waals surface area contributed by atoms with Crippen molar-refractivity contribution in [2.24, 2.45) is 5.92 Å². The molecule has 1 amide bonds. The molecule has 6 nitrogen and oxygen atoms in total. The molecule has 150 valence electrons. The second kappa shape index (κ2) is 9.22. The molecule has 27 heavy (non-hydrogen) atoms. The quantitative estimate of drug-likeness (QED) is 0.722. The van der Waals surface area contributed by atoms with Crippen LogP contribution in [0.25, 0.3) is 0 Å². The third-order valence-electron chi connectivity index (χ3n) is 5.43. The molecule has 0 unspecified atom stereocenters. The van der Waals surface area contributed by atoms with Crippen molar-refractivity contribution >= 4 is 17.6 Å². The van der Waals surface area contributed by atoms with E-state index < -0.39 is 11.6 Å². The Kier molecular flexibility index (Phi) is 7.25. The van der Waals surface area contributed by atoms with Crippen LogP contribution in [0.3, 0.4) is 0 Å². The maximum Gasteiger partial charge on any atom is 0.341 e. The molecule has 1 aromatic rings. The Bertz CT molecular complexity index is 665. The third kappa shape index (κ3) is 5.01. The number of benzene rings is 1. The predicted molar refractivity (Wildman–Crippen MR) is 104 cm³/mol. The van der Waals surface area contributed by atoms with Crippen molar-refractivity contribution < 1.29 is 23.8 Å². The minimum atomic E-state index is -0.816. The highest BCUT2D eigenvalue weighted by atomic mass is 16.5. The Morgan fingerprint density at radius 2 is 1.93 bits per heavy atom. The van der Waals surface area contributed by atoms with E-state index in [2.05, 4.69) is 12.2 Å². The fourth-order valence-corrected chi connectivity index (χ4v) is 3.28. The van der Waals surface area contributed by atoms with Crippen molar-refractivity contribution in [1.82, 2.24) is 0 Å². The standard InChI is InChI=1S/C21H31NO5/c1-6-15(3)27-18-8-7-16(13-17(18)19(23)25-4)22-20(24)21(26-5)11-9-14(2)10-12-21/h7-8,13-15H,6,9-12H2,1-5H3,(H,22,24)/t14?,15-,21?/m0/s1. The Morgan fingerprint density at radius 1 is 1.26 bits per heavy atom. The normalized spacial score (nSPS) is 23.4. The number of amides is 1. The number of hydrogen-bond donors (Lipinski definition) is 1. The van der Waals surface area contributed by atoms with Crippen molar-refractivity contribution in [2.75, 3.05) is 19.5 Å². The molecule has 0 radical (unpaired) electrons. The summed E-state index contributed by atoms with van der Waals surface area (Å²) < 4.78 is 16.3. The van der Waals surface area contributed by atoms with E-state index >= 15 is 0 Å². The smallest absolute Gasteiger partial charge is 0.341 e. The van der Waals surface area contributed by atoms with E-state index in [4.69, 9.17) is 14.2 Å². The minimum Gasteiger partial charge on any atom is -0.490 e. The Labute approximate surface area is 161 Å². The van der Waals surface area contributed by atoms with Crippen molar-refractivity contribution in [1.29, 1.82) is 0 Å². The SMILES string of the molecule is CC[C@H](C)Oc1ccc(NC(=O)C2(OC)CCC(C)CC2)cc1C(=O)OC. The second-order valence-corrected chi connectivity index (χ2v) is 7.37. The molecule has 0 aliphatic heterocycles. The molecule has 6 heteroatoms. The molecule has 2 rings (SSSR count). The molecule has 0 bridgehead atoms. The highest BCUT2D eigenvalue weighted by Crippen LogP contribution is 2.35. The van der Waals surface area contributed by atoms with Gasteiger partial charge < -0.3 is 19.5 Å². The molecule has 1 fully saturated rings. The number of carbonyl (C=O) groups is 2. The van der Waals surface area contributed by atoms with E-state index in [9.17, 15) is 9.59 Å². The summed E-state index contributed by atoms with van der Waals surface area (Å²) in [5, 5.41) is 2.90. The largest absolute Gasteiger partial charge is 0.490 e. The monoisotopic (exact) mass is 377 g/mol. The lowest BCUT2D eigenvalue weighted by atomic mass is 9.79. The van der Waals surface area contributed by atoms with Gasteiger partial charge in [0.1, 0.15) is 16.9 Å². The molecule has 1 aliphatic carbocycles. The maximum atomic E-state index is 12.9. The van der Waals surface area contributed by atoms with E-state index in [0.29, 0.717) is 35.8 Å². The number of methoxy groups -OCH3 is 2. The summed E-state index contributed by atoms with van der Waals surface area (Å²) in [6.45, 7) is 6.13. The van der Waals surface area contributed by atoms with Gasteiger partial charge in [-0.1, -0.05) is 13.8 Å². The van der Waals surface area contributed by atoms with Gasteiger partial charge in [0, 0.05) is 12.8 Å². The van der Waals surface area contributed by atoms with Crippen LogP contribution in [0.15, 0.2) is 18.2 Å². The molecule has 1 aliphatic rings. The van der Waals surface area contributed by atoms with Crippen LogP contribution in [0.5, 0.6) is 5.75 Å². The van der Waals surface area contributed by atoms with Gasteiger partial charge in [-0.3, -0.25) is 4.79 Å². The second-order valence-electron chi connectivity index (χ2n) is 7.37. The van der Waals surface area contributed by atoms with Gasteiger partial charge >= 0.3 is 5.97 Å². The van der Waals surface area contributed by atoms with Crippen LogP contribution in [0.4, 0.5) is 5.69 Å². The maximum absolute atomic E-state index is 12.9. The molecule has 0 heterocycles. The summed E-state index contributed by atoms with van der Waals surface area (Å²) in [5.74, 6) is 0.367. The predicted octanol–water partition coefficient (Wildman–Crippen LogP) is 4.18. The highest BCUT2D eigenvalue weighted by Gasteiger charge is 2.41. The van der Waals surface area contributed by atoms with E-state index in [1.165, 1.54) is 7.11 Å². The van der Waals surface area contributed by atoms with Crippen molar-refractivity contribution in [3.63, 3.8) is 0 Å². The molecule has 1 aromatic carbocycles. The van der Waals surface area contributed by atoms with E-state index in [-0.39, 0.29) is 12.0 Å². The first-order valence-electron chi connectivity index (χ1n) is 9.60. The highest BCUT2D eigenvalue weighted by molar-refractivity contribution is 5.99. The van der Waals surface area contributed by atoms with Crippen LogP contribution in [0.2, 0.25) is 0 Å². The summed E-state index contributed by atoms with van der Waals surface area (Å²) in [6, 6.07) is 5.02. The lowest BCUT2D eigenvalue weighted by molar-refractivity contribution is -0.142. The number of ether oxygens (including phenoxy) is 3. The molecule has 0 saturated heterocycles. The topological polar surface area (TPSA) is 73.9 Å². The number of carbonyl (C=O) groups excluding carboxylic acids is 2. The van der Waals surface area contributed by atoms with E-state index in [1.54, 1.807) is 25.3 Å². The fraction of sp³-hybridized carbons (Fsp3) is 0.619. The van der Waals surface area contributed by atoms with Gasteiger partial charge in [-0.15, -0.1) is 0 Å². The van der Waals surface area contributed by atoms with Gasteiger partial charge in [0.15, 0.2) is 0 Å². The first-order valence-corrected chi connectivity index (χ1v) is 9.60. The van der Waals surface area contributed by atoms with E-state index in [1.807, 2.05) is 13.8 Å². The van der Waals surface area contributed by atoms with Crippen LogP contribution in [-0.4, -0.2) is 37.8 Å². The number of anilines is 1. The molecule has 1 N–H and O–H groups in total. The number of rotatable bonds is 7. The van der Waals surface area contributed by atoms with Crippen LogP contribution >= 0.6 is 0 Å². The number of hydrogen-bond acceptors (Lipinski definition) is 5. The molecule has 0 aromatic heterocycles. The number of nitrogens with one attached hydrogen (secondary N) is 1. The summed E-state index contributed by atoms with van der Waals surface area (Å²) in [4.78, 5) is 25.1. The zero-order valence-electron chi connectivity index (χ0n) is 17.0. The van der Waals surface area contributed by atoms with Crippen LogP contribution < -0.4 is 10.1 Å².